The molecule has 0 saturated heterocycles. The normalized spacial score (nSPS) is 28.7. The third-order valence-electron chi connectivity index (χ3n) is 11.1. The molecule has 0 aromatic carbocycles. The Morgan fingerprint density at radius 1 is 0.581 bits per heavy atom. The fourth-order valence-corrected chi connectivity index (χ4v) is 12.6. The maximum Gasteiger partial charge on any atom is 1.00 e. The van der Waals surface area contributed by atoms with E-state index in [2.05, 4.69) is 62.3 Å². The van der Waals surface area contributed by atoms with Crippen molar-refractivity contribution < 1.29 is 42.5 Å². The van der Waals surface area contributed by atoms with Crippen LogP contribution in [0.4, 0.5) is 0 Å². The molecule has 3 nitrogen and oxygen atoms in total. The van der Waals surface area contributed by atoms with Crippen molar-refractivity contribution >= 4 is 10.1 Å². The molecule has 180 valence electrons. The van der Waals surface area contributed by atoms with Crippen molar-refractivity contribution in [2.24, 2.45) is 27.6 Å². The van der Waals surface area contributed by atoms with Crippen LogP contribution in [0.2, 0.25) is 0 Å². The molecule has 0 aromatic rings. The van der Waals surface area contributed by atoms with Crippen molar-refractivity contribution in [3.63, 3.8) is 0 Å². The predicted octanol–water partition coefficient (Wildman–Crippen LogP) is 4.95. The molecule has 1 rings (SSSR count). The van der Waals surface area contributed by atoms with E-state index >= 15 is 0 Å². The fraction of sp³-hybridized carbons (Fsp3) is 1.00. The average molecular weight is 467 g/mol. The molecule has 0 bridgehead atoms. The van der Waals surface area contributed by atoms with E-state index in [1.54, 1.807) is 0 Å². The minimum Gasteiger partial charge on any atom is -0.747 e. The predicted molar refractivity (Wildman–Crippen MR) is 129 cm³/mol. The second kappa shape index (κ2) is 11.1. The average Bonchev–Trinajstić information content (AvgIpc) is 2.75. The summed E-state index contributed by atoms with van der Waals surface area (Å²) in [6, 6.07) is 0. The molecule has 31 heavy (non-hydrogen) atoms. The first-order chi connectivity index (χ1) is 14.0. The van der Waals surface area contributed by atoms with Gasteiger partial charge in [0.25, 0.3) is 0 Å². The molecule has 1 aliphatic rings. The Hall–Kier alpha value is 0.910. The topological polar surface area (TPSA) is 57.2 Å². The van der Waals surface area contributed by atoms with Crippen LogP contribution in [0, 0.1) is 27.6 Å². The van der Waals surface area contributed by atoms with E-state index < -0.39 is 20.3 Å². The Bertz CT molecular complexity index is 656. The first-order valence-corrected chi connectivity index (χ1v) is 14.4. The maximum absolute atomic E-state index is 13.5. The largest absolute Gasteiger partial charge is 1.00 e. The van der Waals surface area contributed by atoms with Crippen LogP contribution in [-0.2, 0) is 10.1 Å². The van der Waals surface area contributed by atoms with Crippen LogP contribution < -0.4 is 29.6 Å². The van der Waals surface area contributed by atoms with Crippen molar-refractivity contribution in [3.8, 4) is 0 Å². The van der Waals surface area contributed by atoms with Gasteiger partial charge in [0.05, 0.1) is 4.75 Å². The second-order valence-corrected chi connectivity index (χ2v) is 11.5. The van der Waals surface area contributed by atoms with E-state index in [4.69, 9.17) is 0 Å². The molecular formula is C26H51NaO3S. The van der Waals surface area contributed by atoms with Gasteiger partial charge in [-0.1, -0.05) is 75.7 Å². The van der Waals surface area contributed by atoms with Crippen molar-refractivity contribution in [2.45, 2.75) is 138 Å². The minimum atomic E-state index is -4.53. The van der Waals surface area contributed by atoms with Crippen LogP contribution in [0.1, 0.15) is 133 Å². The molecular weight excluding hydrogens is 415 g/mol. The van der Waals surface area contributed by atoms with Gasteiger partial charge < -0.3 is 4.55 Å². The fourth-order valence-electron chi connectivity index (χ4n) is 10.5. The van der Waals surface area contributed by atoms with Crippen molar-refractivity contribution in [2.75, 3.05) is 0 Å². The SMILES string of the molecule is CCC1C(CC)(CC)C(CC)(CC)C(CC)(CC)C(CC)(CC)C1(CC)S(=O)(=O)[O-].[Na+]. The van der Waals surface area contributed by atoms with Gasteiger partial charge in [-0.25, -0.2) is 8.42 Å². The Morgan fingerprint density at radius 2 is 0.935 bits per heavy atom. The van der Waals surface area contributed by atoms with Gasteiger partial charge in [0.2, 0.25) is 0 Å². The van der Waals surface area contributed by atoms with E-state index in [0.29, 0.717) is 6.42 Å². The van der Waals surface area contributed by atoms with Gasteiger partial charge in [-0.15, -0.1) is 0 Å². The number of hydrogen-bond acceptors (Lipinski definition) is 3. The standard InChI is InChI=1S/C26H52O3S.Na/c1-11-21-22(12-2,13-3)23(14-4,15-5)24(16-6,17-7)25(18-8,19-9)26(21,20-10)30(27,28)29;/h21H,11-20H2,1-10H3,(H,27,28,29);/q;+1/p-1. The van der Waals surface area contributed by atoms with Crippen LogP contribution in [-0.4, -0.2) is 17.7 Å². The third-order valence-corrected chi connectivity index (χ3v) is 12.9. The van der Waals surface area contributed by atoms with Gasteiger partial charge >= 0.3 is 29.6 Å². The molecule has 1 fully saturated rings. The summed E-state index contributed by atoms with van der Waals surface area (Å²) in [7, 11) is -4.53. The smallest absolute Gasteiger partial charge is 0.747 e. The molecule has 2 atom stereocenters. The molecule has 0 amide bonds. The summed E-state index contributed by atoms with van der Waals surface area (Å²) in [5.41, 5.74) is -0.834. The molecule has 0 heterocycles. The van der Waals surface area contributed by atoms with Crippen molar-refractivity contribution in [3.05, 3.63) is 0 Å². The summed E-state index contributed by atoms with van der Waals surface area (Å²) in [5, 5.41) is 0. The Balaban J connectivity index is 0.00000900. The molecule has 0 N–H and O–H groups in total. The molecule has 0 spiro atoms. The molecule has 0 aliphatic heterocycles. The van der Waals surface area contributed by atoms with E-state index in [1.807, 2.05) is 6.92 Å². The van der Waals surface area contributed by atoms with Gasteiger partial charge in [-0.3, -0.25) is 0 Å². The number of hydrogen-bond donors (Lipinski definition) is 0. The van der Waals surface area contributed by atoms with Crippen molar-refractivity contribution in [1.29, 1.82) is 0 Å². The quantitative estimate of drug-likeness (QED) is 0.320. The Morgan fingerprint density at radius 3 is 1.13 bits per heavy atom. The number of rotatable bonds is 11. The minimum absolute atomic E-state index is 0. The molecule has 0 aromatic heterocycles. The summed E-state index contributed by atoms with van der Waals surface area (Å²) in [6.07, 6.45) is 8.51. The zero-order valence-electron chi connectivity index (χ0n) is 22.8. The third kappa shape index (κ3) is 3.42. The summed E-state index contributed by atoms with van der Waals surface area (Å²) in [6.45, 7) is 22.1. The summed E-state index contributed by atoms with van der Waals surface area (Å²) in [5.74, 6) is -0.112. The zero-order chi connectivity index (χ0) is 23.6. The molecule has 5 heteroatoms. The Labute approximate surface area is 217 Å². The first-order valence-electron chi connectivity index (χ1n) is 12.9. The molecule has 1 saturated carbocycles. The van der Waals surface area contributed by atoms with Crippen molar-refractivity contribution in [1.82, 2.24) is 0 Å². The van der Waals surface area contributed by atoms with Crippen LogP contribution in [0.15, 0.2) is 0 Å². The van der Waals surface area contributed by atoms with Gasteiger partial charge in [0, 0.05) is 0 Å². The van der Waals surface area contributed by atoms with Crippen LogP contribution in [0.3, 0.4) is 0 Å². The van der Waals surface area contributed by atoms with E-state index in [-0.39, 0.29) is 51.7 Å². The molecule has 2 unspecified atom stereocenters. The summed E-state index contributed by atoms with van der Waals surface area (Å²) in [4.78, 5) is 0. The monoisotopic (exact) mass is 466 g/mol. The van der Waals surface area contributed by atoms with Gasteiger partial charge in [-0.2, -0.15) is 0 Å². The first kappa shape index (κ1) is 31.9. The van der Waals surface area contributed by atoms with Gasteiger partial charge in [-0.05, 0) is 85.4 Å². The van der Waals surface area contributed by atoms with E-state index in [0.717, 1.165) is 57.8 Å². The summed E-state index contributed by atoms with van der Waals surface area (Å²) < 4.78 is 39.3. The van der Waals surface area contributed by atoms with E-state index in [9.17, 15) is 13.0 Å². The second-order valence-electron chi connectivity index (χ2n) is 9.89. The van der Waals surface area contributed by atoms with Crippen LogP contribution in [0.25, 0.3) is 0 Å². The van der Waals surface area contributed by atoms with Crippen LogP contribution in [0.5, 0.6) is 0 Å². The summed E-state index contributed by atoms with van der Waals surface area (Å²) >= 11 is 0. The van der Waals surface area contributed by atoms with Gasteiger partial charge in [0.15, 0.2) is 0 Å². The molecule has 0 radical (unpaired) electrons. The van der Waals surface area contributed by atoms with E-state index in [1.165, 1.54) is 0 Å². The van der Waals surface area contributed by atoms with Gasteiger partial charge in [0.1, 0.15) is 10.1 Å². The zero-order valence-corrected chi connectivity index (χ0v) is 25.6. The molecule has 1 aliphatic carbocycles. The van der Waals surface area contributed by atoms with Crippen LogP contribution >= 0.6 is 0 Å². The Kier molecular flexibility index (Phi) is 11.4. The maximum atomic E-state index is 13.5.